The minimum Gasteiger partial charge on any atom is -0.369 e. The van der Waals surface area contributed by atoms with Gasteiger partial charge >= 0.3 is 0 Å². The third-order valence-corrected chi connectivity index (χ3v) is 2.65. The third-order valence-electron chi connectivity index (χ3n) is 2.65. The molecule has 0 aliphatic rings. The van der Waals surface area contributed by atoms with Crippen LogP contribution in [0, 0.1) is 10.1 Å². The van der Waals surface area contributed by atoms with Crippen molar-refractivity contribution in [3.8, 4) is 0 Å². The van der Waals surface area contributed by atoms with Crippen LogP contribution in [-0.2, 0) is 0 Å². The number of hydrogen-bond donors (Lipinski definition) is 1. The Labute approximate surface area is 104 Å². The average molecular weight is 246 g/mol. The predicted molar refractivity (Wildman–Crippen MR) is 69.6 cm³/mol. The number of benzene rings is 1. The second kappa shape index (κ2) is 5.39. The third kappa shape index (κ3) is 2.53. The molecule has 1 heterocycles. The van der Waals surface area contributed by atoms with Gasteiger partial charge in [-0.15, -0.1) is 0 Å². The number of hydrogen-bond acceptors (Lipinski definition) is 5. The fraction of sp³-hybridized carbons (Fsp3) is 0.333. The largest absolute Gasteiger partial charge is 0.369 e. The molecular formula is C12H14N4O2. The molecule has 0 unspecified atom stereocenters. The van der Waals surface area contributed by atoms with Gasteiger partial charge in [0.1, 0.15) is 12.1 Å². The number of nitrogens with one attached hydrogen (secondary N) is 1. The maximum absolute atomic E-state index is 10.8. The summed E-state index contributed by atoms with van der Waals surface area (Å²) in [6.07, 6.45) is 3.57. The Morgan fingerprint density at radius 1 is 1.39 bits per heavy atom. The zero-order valence-electron chi connectivity index (χ0n) is 10.1. The first-order chi connectivity index (χ1) is 8.72. The van der Waals surface area contributed by atoms with Crippen molar-refractivity contribution in [3.05, 3.63) is 34.6 Å². The number of fused-ring (bicyclic) bond motifs is 1. The van der Waals surface area contributed by atoms with Gasteiger partial charge in [-0.2, -0.15) is 0 Å². The summed E-state index contributed by atoms with van der Waals surface area (Å²) in [6.45, 7) is 2.90. The van der Waals surface area contributed by atoms with Crippen molar-refractivity contribution in [2.45, 2.75) is 19.8 Å². The molecule has 0 spiro atoms. The van der Waals surface area contributed by atoms with Crippen molar-refractivity contribution < 1.29 is 4.92 Å². The van der Waals surface area contributed by atoms with Crippen molar-refractivity contribution in [3.63, 3.8) is 0 Å². The van der Waals surface area contributed by atoms with Gasteiger partial charge in [-0.3, -0.25) is 10.1 Å². The van der Waals surface area contributed by atoms with Crippen LogP contribution in [0.2, 0.25) is 0 Å². The van der Waals surface area contributed by atoms with Gasteiger partial charge in [-0.1, -0.05) is 13.3 Å². The smallest absolute Gasteiger partial charge is 0.270 e. The number of nitro benzene ring substituents is 1. The number of nitro groups is 1. The molecule has 0 radical (unpaired) electrons. The lowest BCUT2D eigenvalue weighted by atomic mass is 10.2. The van der Waals surface area contributed by atoms with Gasteiger partial charge in [0.25, 0.3) is 5.69 Å². The molecule has 1 N–H and O–H groups in total. The summed E-state index contributed by atoms with van der Waals surface area (Å²) in [5.41, 5.74) is 0.755. The number of rotatable bonds is 5. The standard InChI is InChI=1S/C12H14N4O2/c1-2-3-6-13-12-10-7-9(16(17)18)4-5-11(10)14-8-15-12/h4-5,7-8H,2-3,6H2,1H3,(H,13,14,15). The van der Waals surface area contributed by atoms with Crippen LogP contribution in [0.15, 0.2) is 24.5 Å². The van der Waals surface area contributed by atoms with Crippen LogP contribution in [-0.4, -0.2) is 21.4 Å². The Morgan fingerprint density at radius 2 is 2.22 bits per heavy atom. The fourth-order valence-corrected chi connectivity index (χ4v) is 1.68. The van der Waals surface area contributed by atoms with Crippen LogP contribution >= 0.6 is 0 Å². The molecule has 0 saturated heterocycles. The SMILES string of the molecule is CCCCNc1ncnc2ccc([N+](=O)[O-])cc12. The molecule has 0 amide bonds. The molecule has 0 aliphatic carbocycles. The summed E-state index contributed by atoms with van der Waals surface area (Å²) in [4.78, 5) is 18.6. The zero-order chi connectivity index (χ0) is 13.0. The molecular weight excluding hydrogens is 232 g/mol. The van der Waals surface area contributed by atoms with Crippen molar-refractivity contribution in [2.75, 3.05) is 11.9 Å². The Hall–Kier alpha value is -2.24. The maximum atomic E-state index is 10.8. The summed E-state index contributed by atoms with van der Waals surface area (Å²) in [5, 5.41) is 14.6. The van der Waals surface area contributed by atoms with Gasteiger partial charge in [0, 0.05) is 24.1 Å². The molecule has 0 bridgehead atoms. The van der Waals surface area contributed by atoms with E-state index < -0.39 is 4.92 Å². The lowest BCUT2D eigenvalue weighted by Crippen LogP contribution is -2.04. The Bertz CT molecular complexity index is 571. The molecule has 0 fully saturated rings. The fourth-order valence-electron chi connectivity index (χ4n) is 1.68. The van der Waals surface area contributed by atoms with Crippen molar-refractivity contribution in [1.82, 2.24) is 9.97 Å². The number of aromatic nitrogens is 2. The van der Waals surface area contributed by atoms with Crippen molar-refractivity contribution in [1.29, 1.82) is 0 Å². The molecule has 94 valence electrons. The Kier molecular flexibility index (Phi) is 3.66. The Morgan fingerprint density at radius 3 is 2.94 bits per heavy atom. The lowest BCUT2D eigenvalue weighted by molar-refractivity contribution is -0.384. The van der Waals surface area contributed by atoms with Gasteiger partial charge in [0.05, 0.1) is 10.4 Å². The molecule has 6 heteroatoms. The van der Waals surface area contributed by atoms with Gasteiger partial charge in [-0.05, 0) is 12.5 Å². The summed E-state index contributed by atoms with van der Waals surface area (Å²) in [7, 11) is 0. The van der Waals surface area contributed by atoms with Crippen molar-refractivity contribution >= 4 is 22.4 Å². The van der Waals surface area contributed by atoms with E-state index in [9.17, 15) is 10.1 Å². The molecule has 2 rings (SSSR count). The normalized spacial score (nSPS) is 10.5. The van der Waals surface area contributed by atoms with Gasteiger partial charge in [-0.25, -0.2) is 9.97 Å². The first-order valence-electron chi connectivity index (χ1n) is 5.85. The second-order valence-electron chi connectivity index (χ2n) is 3.96. The molecule has 1 aromatic heterocycles. The van der Waals surface area contributed by atoms with Crippen LogP contribution in [0.5, 0.6) is 0 Å². The first-order valence-corrected chi connectivity index (χ1v) is 5.85. The molecule has 6 nitrogen and oxygen atoms in total. The highest BCUT2D eigenvalue weighted by Crippen LogP contribution is 2.24. The minimum absolute atomic E-state index is 0.0517. The molecule has 2 aromatic rings. The maximum Gasteiger partial charge on any atom is 0.270 e. The zero-order valence-corrected chi connectivity index (χ0v) is 10.1. The topological polar surface area (TPSA) is 81.0 Å². The van der Waals surface area contributed by atoms with E-state index in [1.165, 1.54) is 18.5 Å². The molecule has 0 saturated carbocycles. The number of anilines is 1. The minimum atomic E-state index is -0.414. The highest BCUT2D eigenvalue weighted by Gasteiger charge is 2.10. The van der Waals surface area contributed by atoms with Gasteiger partial charge in [0.2, 0.25) is 0 Å². The lowest BCUT2D eigenvalue weighted by Gasteiger charge is -2.07. The average Bonchev–Trinajstić information content (AvgIpc) is 2.38. The van der Waals surface area contributed by atoms with Crippen LogP contribution in [0.1, 0.15) is 19.8 Å². The monoisotopic (exact) mass is 246 g/mol. The number of nitrogens with zero attached hydrogens (tertiary/aromatic N) is 3. The van der Waals surface area contributed by atoms with E-state index in [1.54, 1.807) is 6.07 Å². The van der Waals surface area contributed by atoms with E-state index in [0.717, 1.165) is 19.4 Å². The van der Waals surface area contributed by atoms with Crippen LogP contribution in [0.25, 0.3) is 10.9 Å². The second-order valence-corrected chi connectivity index (χ2v) is 3.96. The van der Waals surface area contributed by atoms with E-state index >= 15 is 0 Å². The van der Waals surface area contributed by atoms with Crippen molar-refractivity contribution in [2.24, 2.45) is 0 Å². The van der Waals surface area contributed by atoms with E-state index in [-0.39, 0.29) is 5.69 Å². The molecule has 1 aromatic carbocycles. The van der Waals surface area contributed by atoms with Gasteiger partial charge < -0.3 is 5.32 Å². The van der Waals surface area contributed by atoms with Crippen LogP contribution in [0.3, 0.4) is 0 Å². The number of unbranched alkanes of at least 4 members (excludes halogenated alkanes) is 1. The summed E-state index contributed by atoms with van der Waals surface area (Å²) in [6, 6.07) is 4.59. The highest BCUT2D eigenvalue weighted by atomic mass is 16.6. The Balaban J connectivity index is 2.39. The van der Waals surface area contributed by atoms with E-state index in [2.05, 4.69) is 22.2 Å². The van der Waals surface area contributed by atoms with E-state index in [1.807, 2.05) is 0 Å². The molecule has 0 atom stereocenters. The quantitative estimate of drug-likeness (QED) is 0.498. The summed E-state index contributed by atoms with van der Waals surface area (Å²) in [5.74, 6) is 0.650. The van der Waals surface area contributed by atoms with E-state index in [0.29, 0.717) is 16.7 Å². The number of non-ortho nitro benzene ring substituents is 1. The van der Waals surface area contributed by atoms with Crippen LogP contribution in [0.4, 0.5) is 11.5 Å². The highest BCUT2D eigenvalue weighted by molar-refractivity contribution is 5.90. The molecule has 0 aliphatic heterocycles. The molecule has 18 heavy (non-hydrogen) atoms. The van der Waals surface area contributed by atoms with E-state index in [4.69, 9.17) is 0 Å². The summed E-state index contributed by atoms with van der Waals surface area (Å²) < 4.78 is 0. The van der Waals surface area contributed by atoms with Crippen LogP contribution < -0.4 is 5.32 Å². The summed E-state index contributed by atoms with van der Waals surface area (Å²) >= 11 is 0. The predicted octanol–water partition coefficient (Wildman–Crippen LogP) is 2.75. The van der Waals surface area contributed by atoms with Gasteiger partial charge in [0.15, 0.2) is 0 Å². The first kappa shape index (κ1) is 12.2.